The summed E-state index contributed by atoms with van der Waals surface area (Å²) in [5.74, 6) is 0.00637. The van der Waals surface area contributed by atoms with Gasteiger partial charge in [0.15, 0.2) is 0 Å². The fraction of sp³-hybridized carbons (Fsp3) is 0.652. The molecule has 2 heterocycles. The van der Waals surface area contributed by atoms with Crippen LogP contribution in [0, 0.1) is 23.7 Å². The summed E-state index contributed by atoms with van der Waals surface area (Å²) >= 11 is 1.86. The van der Waals surface area contributed by atoms with Gasteiger partial charge in [-0.15, -0.1) is 0 Å². The highest BCUT2D eigenvalue weighted by Crippen LogP contribution is 2.34. The Kier molecular flexibility index (Phi) is 18.7. The van der Waals surface area contributed by atoms with Crippen molar-refractivity contribution in [2.24, 2.45) is 23.7 Å². The maximum absolute atomic E-state index is 14.1. The Morgan fingerprint density at radius 1 is 0.867 bits per heavy atom. The minimum Gasteiger partial charge on any atom is -0.490 e. The third-order valence-electron chi connectivity index (χ3n) is 12.5. The summed E-state index contributed by atoms with van der Waals surface area (Å²) in [6.07, 6.45) is 6.39. The van der Waals surface area contributed by atoms with E-state index in [1.54, 1.807) is 24.3 Å². The van der Waals surface area contributed by atoms with Crippen LogP contribution in [0.3, 0.4) is 0 Å². The number of aliphatic hydroxyl groups excluding tert-OH is 2. The van der Waals surface area contributed by atoms with E-state index in [1.165, 1.54) is 0 Å². The van der Waals surface area contributed by atoms with Gasteiger partial charge in [0.2, 0.25) is 11.8 Å². The summed E-state index contributed by atoms with van der Waals surface area (Å²) in [4.78, 5) is 52.7. The number of aliphatic hydroxyl groups is 2. The van der Waals surface area contributed by atoms with E-state index in [0.29, 0.717) is 29.4 Å². The van der Waals surface area contributed by atoms with Crippen molar-refractivity contribution >= 4 is 35.5 Å². The van der Waals surface area contributed by atoms with Crippen LogP contribution in [0.4, 0.5) is 4.79 Å². The number of urea groups is 1. The van der Waals surface area contributed by atoms with Crippen LogP contribution < -0.4 is 36.1 Å². The van der Waals surface area contributed by atoms with E-state index in [1.807, 2.05) is 69.8 Å². The third kappa shape index (κ3) is 13.8. The van der Waals surface area contributed by atoms with Gasteiger partial charge in [0.1, 0.15) is 30.8 Å². The summed E-state index contributed by atoms with van der Waals surface area (Å²) in [7, 11) is 0. The molecule has 2 saturated heterocycles. The zero-order chi connectivity index (χ0) is 43.0. The summed E-state index contributed by atoms with van der Waals surface area (Å²) in [6.45, 7) is 8.45. The molecule has 5 rings (SSSR count). The lowest BCUT2D eigenvalue weighted by Crippen LogP contribution is -2.56. The Morgan fingerprint density at radius 2 is 1.58 bits per heavy atom. The molecular weight excluding hydrogens is 783 g/mol. The molecule has 3 aliphatic rings. The number of rotatable bonds is 24. The highest BCUT2D eigenvalue weighted by molar-refractivity contribution is 8.00. The minimum atomic E-state index is -1.48. The molecule has 0 radical (unpaired) electrons. The quantitative estimate of drug-likeness (QED) is 0.0523. The molecule has 14 heteroatoms. The number of nitrogens with one attached hydrogen (secondary N) is 5. The standard InChI is InChI=1S/C46H69N5O8S/c1-5-30(4)35(27-47-39(52)23-15-14-22-38-41-36(28-60-38)50-46(57)51-41)49-45(56)40(29(2)3)43(54)42(53)34(26-31-16-8-6-9-17-31)48-44(55)33-20-12-13-21-37(33)59-25-24-58-32-18-10-7-11-19-32/h7,10-13,18-21,29-31,34-36,38,40-43,53-54H,5-6,8-9,14-17,22-28H2,1-4H3,(H,47,52)(H,48,55)(H,49,56)(H2,50,51,57)/t30-,34+,35-,36+,38+,40-,41?,42-,43-/m1/s1. The fourth-order valence-electron chi connectivity index (χ4n) is 8.77. The molecule has 60 heavy (non-hydrogen) atoms. The number of carbonyl (C=O) groups is 4. The molecule has 9 atom stereocenters. The van der Waals surface area contributed by atoms with Crippen LogP contribution in [0.15, 0.2) is 54.6 Å². The highest BCUT2D eigenvalue weighted by Gasteiger charge is 2.43. The van der Waals surface area contributed by atoms with E-state index in [-0.39, 0.29) is 61.5 Å². The lowest BCUT2D eigenvalue weighted by Gasteiger charge is -2.36. The predicted octanol–water partition coefficient (Wildman–Crippen LogP) is 5.58. The topological polar surface area (TPSA) is 187 Å². The monoisotopic (exact) mass is 851 g/mol. The summed E-state index contributed by atoms with van der Waals surface area (Å²) < 4.78 is 11.7. The van der Waals surface area contributed by atoms with Gasteiger partial charge in [0, 0.05) is 30.0 Å². The molecule has 2 aromatic rings. The van der Waals surface area contributed by atoms with Crippen LogP contribution in [0.2, 0.25) is 0 Å². The number of amides is 5. The molecule has 1 unspecified atom stereocenters. The molecule has 2 aromatic carbocycles. The predicted molar refractivity (Wildman–Crippen MR) is 235 cm³/mol. The molecule has 3 fully saturated rings. The number of hydrogen-bond acceptors (Lipinski definition) is 9. The number of fused-ring (bicyclic) bond motifs is 1. The smallest absolute Gasteiger partial charge is 0.315 e. The first-order valence-corrected chi connectivity index (χ1v) is 23.3. The maximum atomic E-state index is 14.1. The summed E-state index contributed by atoms with van der Waals surface area (Å²) in [6, 6.07) is 15.3. The normalized spacial score (nSPS) is 22.0. The third-order valence-corrected chi connectivity index (χ3v) is 14.0. The largest absolute Gasteiger partial charge is 0.490 e. The Bertz CT molecular complexity index is 1660. The number of benzene rings is 2. The zero-order valence-electron chi connectivity index (χ0n) is 35.9. The average molecular weight is 852 g/mol. The van der Waals surface area contributed by atoms with Crippen molar-refractivity contribution in [1.82, 2.24) is 26.6 Å². The van der Waals surface area contributed by atoms with Crippen LogP contribution in [0.5, 0.6) is 11.5 Å². The van der Waals surface area contributed by atoms with Crippen molar-refractivity contribution in [2.75, 3.05) is 25.5 Å². The van der Waals surface area contributed by atoms with Crippen LogP contribution in [-0.2, 0) is 9.59 Å². The summed E-state index contributed by atoms with van der Waals surface area (Å²) in [5.41, 5.74) is 0.298. The van der Waals surface area contributed by atoms with Crippen molar-refractivity contribution in [3.63, 3.8) is 0 Å². The van der Waals surface area contributed by atoms with Crippen LogP contribution in [-0.4, -0.2) is 101 Å². The van der Waals surface area contributed by atoms with Crippen molar-refractivity contribution in [3.8, 4) is 11.5 Å². The molecule has 332 valence electrons. The zero-order valence-corrected chi connectivity index (χ0v) is 36.7. The van der Waals surface area contributed by atoms with Gasteiger partial charge in [-0.05, 0) is 61.3 Å². The molecular formula is C46H69N5O8S. The molecule has 13 nitrogen and oxygen atoms in total. The van der Waals surface area contributed by atoms with Gasteiger partial charge in [0.25, 0.3) is 5.91 Å². The fourth-order valence-corrected chi connectivity index (χ4v) is 10.3. The number of para-hydroxylation sites is 2. The molecule has 0 spiro atoms. The average Bonchev–Trinajstić information content (AvgIpc) is 3.81. The van der Waals surface area contributed by atoms with E-state index >= 15 is 0 Å². The van der Waals surface area contributed by atoms with Crippen molar-refractivity contribution < 1.29 is 38.9 Å². The maximum Gasteiger partial charge on any atom is 0.315 e. The Balaban J connectivity index is 1.17. The second kappa shape index (κ2) is 23.8. The molecule has 1 aliphatic carbocycles. The van der Waals surface area contributed by atoms with E-state index in [2.05, 4.69) is 26.6 Å². The highest BCUT2D eigenvalue weighted by atomic mass is 32.2. The molecule has 5 amide bonds. The summed E-state index contributed by atoms with van der Waals surface area (Å²) in [5, 5.41) is 39.3. The molecule has 2 aliphatic heterocycles. The second-order valence-corrected chi connectivity index (χ2v) is 18.5. The van der Waals surface area contributed by atoms with Crippen LogP contribution in [0.25, 0.3) is 0 Å². The van der Waals surface area contributed by atoms with E-state index in [4.69, 9.17) is 9.47 Å². The van der Waals surface area contributed by atoms with Crippen molar-refractivity contribution in [3.05, 3.63) is 60.2 Å². The van der Waals surface area contributed by atoms with Crippen molar-refractivity contribution in [2.45, 2.75) is 140 Å². The van der Waals surface area contributed by atoms with Gasteiger partial charge in [-0.25, -0.2) is 4.79 Å². The number of carbonyl (C=O) groups excluding carboxylic acids is 4. The minimum absolute atomic E-state index is 0.0252. The van der Waals surface area contributed by atoms with Gasteiger partial charge < -0.3 is 46.3 Å². The van der Waals surface area contributed by atoms with Crippen molar-refractivity contribution in [1.29, 1.82) is 0 Å². The van der Waals surface area contributed by atoms with Gasteiger partial charge in [-0.2, -0.15) is 11.8 Å². The molecule has 0 aromatic heterocycles. The molecule has 1 saturated carbocycles. The molecule has 0 bridgehead atoms. The number of unbranched alkanes of at least 4 members (excludes halogenated alkanes) is 1. The van der Waals surface area contributed by atoms with E-state index < -0.39 is 42.0 Å². The van der Waals surface area contributed by atoms with Gasteiger partial charge >= 0.3 is 6.03 Å². The number of ether oxygens (including phenoxy) is 2. The first kappa shape index (κ1) is 47.0. The second-order valence-electron chi connectivity index (χ2n) is 17.2. The van der Waals surface area contributed by atoms with E-state index in [0.717, 1.165) is 69.3 Å². The molecule has 7 N–H and O–H groups in total. The Morgan fingerprint density at radius 3 is 2.32 bits per heavy atom. The van der Waals surface area contributed by atoms with Gasteiger partial charge in [-0.1, -0.05) is 103 Å². The van der Waals surface area contributed by atoms with Gasteiger partial charge in [0.05, 0.1) is 35.7 Å². The Hall–Kier alpha value is -4.01. The van der Waals surface area contributed by atoms with Crippen LogP contribution >= 0.6 is 11.8 Å². The number of thioether (sulfide) groups is 1. The first-order valence-electron chi connectivity index (χ1n) is 22.3. The lowest BCUT2D eigenvalue weighted by atomic mass is 9.79. The van der Waals surface area contributed by atoms with Gasteiger partial charge in [-0.3, -0.25) is 14.4 Å². The first-order chi connectivity index (χ1) is 28.9. The van der Waals surface area contributed by atoms with E-state index in [9.17, 15) is 29.4 Å². The number of hydrogen-bond donors (Lipinski definition) is 7. The lowest BCUT2D eigenvalue weighted by molar-refractivity contribution is -0.137. The SMILES string of the molecule is CC[C@@H](C)[C@@H](CNC(=O)CCCC[C@@H]1SC[C@@H]2NC(=O)NC21)NC(=O)[C@H](C(C)C)[C@@H](O)[C@H](O)[C@H](CC1CCCCC1)NC(=O)c1ccccc1OCCOc1ccccc1. The Labute approximate surface area is 360 Å². The van der Waals surface area contributed by atoms with Crippen LogP contribution in [0.1, 0.15) is 109 Å².